The molecule has 1 aliphatic heterocycles. The Morgan fingerprint density at radius 2 is 2.17 bits per heavy atom. The van der Waals surface area contributed by atoms with Gasteiger partial charge in [0.1, 0.15) is 6.04 Å². The maximum atomic E-state index is 12.0. The Hall–Kier alpha value is -0.910. The molecule has 18 heavy (non-hydrogen) atoms. The second-order valence-electron chi connectivity index (χ2n) is 4.44. The molecule has 1 heterocycles. The molecule has 6 heteroatoms. The third kappa shape index (κ3) is 5.16. The minimum atomic E-state index is -0.944. The zero-order valence-corrected chi connectivity index (χ0v) is 11.7. The highest BCUT2D eigenvalue weighted by molar-refractivity contribution is 7.99. The van der Waals surface area contributed by atoms with Crippen LogP contribution in [0.1, 0.15) is 32.6 Å². The first-order chi connectivity index (χ1) is 8.65. The molecule has 104 valence electrons. The third-order valence-electron chi connectivity index (χ3n) is 2.95. The number of thioether (sulfide) groups is 1. The van der Waals surface area contributed by atoms with E-state index < -0.39 is 12.0 Å². The molecule has 5 nitrogen and oxygen atoms in total. The maximum absolute atomic E-state index is 12.0. The fourth-order valence-corrected chi connectivity index (χ4v) is 2.74. The fraction of sp³-hybridized carbons (Fsp3) is 0.833. The van der Waals surface area contributed by atoms with Gasteiger partial charge in [-0.3, -0.25) is 0 Å². The second-order valence-corrected chi connectivity index (χ2v) is 5.66. The SMILES string of the molecule is CCCCC(NC(=O)N1CCCSCC1)C(=O)O. The molecule has 0 bridgehead atoms. The Balaban J connectivity index is 2.45. The lowest BCUT2D eigenvalue weighted by molar-refractivity contribution is -0.139. The molecule has 0 radical (unpaired) electrons. The maximum Gasteiger partial charge on any atom is 0.326 e. The highest BCUT2D eigenvalue weighted by Gasteiger charge is 2.23. The number of carboxylic acid groups (broad SMARTS) is 1. The number of rotatable bonds is 5. The lowest BCUT2D eigenvalue weighted by atomic mass is 10.1. The van der Waals surface area contributed by atoms with Crippen LogP contribution in [0, 0.1) is 0 Å². The van der Waals surface area contributed by atoms with Crippen molar-refractivity contribution in [1.82, 2.24) is 10.2 Å². The van der Waals surface area contributed by atoms with E-state index in [1.807, 2.05) is 18.7 Å². The summed E-state index contributed by atoms with van der Waals surface area (Å²) in [7, 11) is 0. The molecule has 2 amide bonds. The van der Waals surface area contributed by atoms with E-state index in [4.69, 9.17) is 5.11 Å². The Labute approximate surface area is 112 Å². The molecule has 0 aliphatic carbocycles. The van der Waals surface area contributed by atoms with Crippen LogP contribution in [0.4, 0.5) is 4.79 Å². The minimum absolute atomic E-state index is 0.235. The average molecular weight is 274 g/mol. The van der Waals surface area contributed by atoms with E-state index in [-0.39, 0.29) is 6.03 Å². The standard InChI is InChI=1S/C12H22N2O3S/c1-2-3-5-10(11(15)16)13-12(17)14-6-4-8-18-9-7-14/h10H,2-9H2,1H3,(H,13,17)(H,15,16). The number of hydrogen-bond acceptors (Lipinski definition) is 3. The van der Waals surface area contributed by atoms with Gasteiger partial charge in [-0.25, -0.2) is 9.59 Å². The number of aliphatic carboxylic acids is 1. The van der Waals surface area contributed by atoms with Crippen molar-refractivity contribution in [3.05, 3.63) is 0 Å². The summed E-state index contributed by atoms with van der Waals surface area (Å²) in [6, 6.07) is -0.991. The molecule has 1 aliphatic rings. The molecule has 1 rings (SSSR count). The Bertz CT molecular complexity index is 278. The van der Waals surface area contributed by atoms with Crippen LogP contribution >= 0.6 is 11.8 Å². The van der Waals surface area contributed by atoms with E-state index in [1.54, 1.807) is 4.90 Å². The number of hydrogen-bond donors (Lipinski definition) is 2. The van der Waals surface area contributed by atoms with Gasteiger partial charge in [0.2, 0.25) is 0 Å². The van der Waals surface area contributed by atoms with E-state index >= 15 is 0 Å². The number of amides is 2. The molecule has 1 fully saturated rings. The van der Waals surface area contributed by atoms with Gasteiger partial charge in [-0.1, -0.05) is 19.8 Å². The van der Waals surface area contributed by atoms with Crippen molar-refractivity contribution in [2.45, 2.75) is 38.6 Å². The predicted octanol–water partition coefficient (Wildman–Crippen LogP) is 1.78. The molecule has 0 aromatic carbocycles. The molecule has 2 N–H and O–H groups in total. The van der Waals surface area contributed by atoms with Gasteiger partial charge in [0.15, 0.2) is 0 Å². The van der Waals surface area contributed by atoms with Crippen LogP contribution in [0.5, 0.6) is 0 Å². The molecule has 1 unspecified atom stereocenters. The summed E-state index contributed by atoms with van der Waals surface area (Å²) in [6.45, 7) is 3.43. The van der Waals surface area contributed by atoms with Crippen molar-refractivity contribution < 1.29 is 14.7 Å². The first-order valence-electron chi connectivity index (χ1n) is 6.51. The monoisotopic (exact) mass is 274 g/mol. The lowest BCUT2D eigenvalue weighted by Gasteiger charge is -2.23. The summed E-state index contributed by atoms with van der Waals surface area (Å²) >= 11 is 1.84. The summed E-state index contributed by atoms with van der Waals surface area (Å²) in [4.78, 5) is 24.7. The van der Waals surface area contributed by atoms with Crippen LogP contribution in [0.3, 0.4) is 0 Å². The van der Waals surface area contributed by atoms with Gasteiger partial charge < -0.3 is 15.3 Å². The number of carboxylic acids is 1. The topological polar surface area (TPSA) is 69.6 Å². The molecular formula is C12H22N2O3S. The largest absolute Gasteiger partial charge is 0.480 e. The predicted molar refractivity (Wildman–Crippen MR) is 73.0 cm³/mol. The van der Waals surface area contributed by atoms with Gasteiger partial charge in [0, 0.05) is 18.8 Å². The molecule has 0 aromatic rings. The third-order valence-corrected chi connectivity index (χ3v) is 4.00. The highest BCUT2D eigenvalue weighted by Crippen LogP contribution is 2.10. The van der Waals surface area contributed by atoms with Gasteiger partial charge in [0.25, 0.3) is 0 Å². The van der Waals surface area contributed by atoms with E-state index in [0.29, 0.717) is 13.0 Å². The summed E-state index contributed by atoms with van der Waals surface area (Å²) in [5.41, 5.74) is 0. The van der Waals surface area contributed by atoms with Crippen LogP contribution in [0.25, 0.3) is 0 Å². The van der Waals surface area contributed by atoms with Crippen LogP contribution in [0.2, 0.25) is 0 Å². The van der Waals surface area contributed by atoms with Crippen molar-refractivity contribution in [1.29, 1.82) is 0 Å². The molecule has 0 aromatic heterocycles. The van der Waals surface area contributed by atoms with E-state index in [2.05, 4.69) is 5.32 Å². The average Bonchev–Trinajstić information content (AvgIpc) is 2.62. The zero-order chi connectivity index (χ0) is 13.4. The zero-order valence-electron chi connectivity index (χ0n) is 10.9. The number of unbranched alkanes of at least 4 members (excludes halogenated alkanes) is 1. The molecule has 0 saturated carbocycles. The summed E-state index contributed by atoms with van der Waals surface area (Å²) in [6.07, 6.45) is 3.22. The van der Waals surface area contributed by atoms with E-state index in [0.717, 1.165) is 37.3 Å². The fourth-order valence-electron chi connectivity index (χ4n) is 1.86. The summed E-state index contributed by atoms with van der Waals surface area (Å²) in [5, 5.41) is 11.7. The Morgan fingerprint density at radius 3 is 2.83 bits per heavy atom. The number of carbonyl (C=O) groups is 2. The molecule has 1 atom stereocenters. The van der Waals surface area contributed by atoms with Crippen LogP contribution in [-0.4, -0.2) is 52.6 Å². The van der Waals surface area contributed by atoms with Crippen molar-refractivity contribution in [2.24, 2.45) is 0 Å². The van der Waals surface area contributed by atoms with Crippen molar-refractivity contribution in [3.63, 3.8) is 0 Å². The van der Waals surface area contributed by atoms with Crippen LogP contribution < -0.4 is 5.32 Å². The van der Waals surface area contributed by atoms with Crippen molar-refractivity contribution in [3.8, 4) is 0 Å². The normalized spacial score (nSPS) is 17.9. The van der Waals surface area contributed by atoms with Gasteiger partial charge in [-0.15, -0.1) is 0 Å². The van der Waals surface area contributed by atoms with Gasteiger partial charge in [-0.2, -0.15) is 11.8 Å². The van der Waals surface area contributed by atoms with Crippen LogP contribution in [-0.2, 0) is 4.79 Å². The van der Waals surface area contributed by atoms with Crippen LogP contribution in [0.15, 0.2) is 0 Å². The minimum Gasteiger partial charge on any atom is -0.480 e. The van der Waals surface area contributed by atoms with Gasteiger partial charge in [-0.05, 0) is 18.6 Å². The number of nitrogens with one attached hydrogen (secondary N) is 1. The molecule has 0 spiro atoms. The van der Waals surface area contributed by atoms with E-state index in [1.165, 1.54) is 0 Å². The number of urea groups is 1. The summed E-state index contributed by atoms with van der Waals surface area (Å²) < 4.78 is 0. The van der Waals surface area contributed by atoms with E-state index in [9.17, 15) is 9.59 Å². The van der Waals surface area contributed by atoms with Crippen molar-refractivity contribution >= 4 is 23.8 Å². The van der Waals surface area contributed by atoms with Crippen molar-refractivity contribution in [2.75, 3.05) is 24.6 Å². The smallest absolute Gasteiger partial charge is 0.326 e. The summed E-state index contributed by atoms with van der Waals surface area (Å²) in [5.74, 6) is 1.06. The van der Waals surface area contributed by atoms with Gasteiger partial charge in [0.05, 0.1) is 0 Å². The second kappa shape index (κ2) is 8.24. The Morgan fingerprint density at radius 1 is 1.39 bits per heavy atom. The Kier molecular flexibility index (Phi) is 6.93. The first-order valence-corrected chi connectivity index (χ1v) is 7.66. The molecular weight excluding hydrogens is 252 g/mol. The molecule has 1 saturated heterocycles. The van der Waals surface area contributed by atoms with Gasteiger partial charge >= 0.3 is 12.0 Å². The quantitative estimate of drug-likeness (QED) is 0.801. The first kappa shape index (κ1) is 15.1. The lowest BCUT2D eigenvalue weighted by Crippen LogP contribution is -2.48. The number of nitrogens with zero attached hydrogens (tertiary/aromatic N) is 1. The highest BCUT2D eigenvalue weighted by atomic mass is 32.2. The number of carbonyl (C=O) groups excluding carboxylic acids is 1.